The normalized spacial score (nSPS) is 12.4. The molecule has 0 heterocycles. The van der Waals surface area contributed by atoms with Crippen LogP contribution in [0.25, 0.3) is 0 Å². The van der Waals surface area contributed by atoms with E-state index in [1.54, 1.807) is 13.2 Å². The molecule has 0 aliphatic carbocycles. The van der Waals surface area contributed by atoms with Gasteiger partial charge < -0.3 is 10.1 Å². The van der Waals surface area contributed by atoms with Crippen molar-refractivity contribution in [3.05, 3.63) is 29.8 Å². The number of halogens is 1. The van der Waals surface area contributed by atoms with Crippen molar-refractivity contribution in [2.75, 3.05) is 20.2 Å². The monoisotopic (exact) mass is 392 g/mol. The van der Waals surface area contributed by atoms with Crippen molar-refractivity contribution in [3.63, 3.8) is 0 Å². The number of rotatable bonds is 10. The van der Waals surface area contributed by atoms with Crippen LogP contribution < -0.4 is 10.1 Å². The lowest BCUT2D eigenvalue weighted by Gasteiger charge is -2.24. The molecule has 8 heteroatoms. The van der Waals surface area contributed by atoms with Crippen molar-refractivity contribution < 1.29 is 17.9 Å². The molecule has 0 bridgehead atoms. The van der Waals surface area contributed by atoms with Crippen LogP contribution in [0.15, 0.2) is 24.3 Å². The minimum absolute atomic E-state index is 0. The molecule has 1 aromatic carbocycles. The Morgan fingerprint density at radius 1 is 1.24 bits per heavy atom. The van der Waals surface area contributed by atoms with E-state index in [4.69, 9.17) is 4.74 Å². The van der Waals surface area contributed by atoms with Gasteiger partial charge in [0.15, 0.2) is 5.25 Å². The number of hydrogen-bond donors (Lipinski definition) is 1. The third kappa shape index (κ3) is 6.84. The number of ether oxygens (including phenoxy) is 1. The van der Waals surface area contributed by atoms with E-state index in [0.29, 0.717) is 18.8 Å². The Bertz CT molecular complexity index is 631. The Morgan fingerprint density at radius 2 is 1.84 bits per heavy atom. The van der Waals surface area contributed by atoms with Crippen LogP contribution in [0.4, 0.5) is 0 Å². The van der Waals surface area contributed by atoms with Crippen LogP contribution in [0, 0.1) is 0 Å². The number of hydrogen-bond acceptors (Lipinski definition) is 4. The first-order valence-corrected chi connectivity index (χ1v) is 9.76. The zero-order valence-electron chi connectivity index (χ0n) is 15.3. The lowest BCUT2D eigenvalue weighted by atomic mass is 10.2. The van der Waals surface area contributed by atoms with Gasteiger partial charge >= 0.3 is 0 Å². The van der Waals surface area contributed by atoms with Crippen molar-refractivity contribution in [1.82, 2.24) is 9.62 Å². The largest absolute Gasteiger partial charge is 0.497 e. The summed E-state index contributed by atoms with van der Waals surface area (Å²) in [6.45, 7) is 6.41. The summed E-state index contributed by atoms with van der Waals surface area (Å²) in [5.74, 6) is 0.203. The Kier molecular flexibility index (Phi) is 10.7. The van der Waals surface area contributed by atoms with Gasteiger partial charge in [0.25, 0.3) is 0 Å². The van der Waals surface area contributed by atoms with Crippen LogP contribution in [-0.4, -0.2) is 44.1 Å². The van der Waals surface area contributed by atoms with Crippen LogP contribution in [0.1, 0.15) is 39.2 Å². The second-order valence-electron chi connectivity index (χ2n) is 5.66. The van der Waals surface area contributed by atoms with Crippen LogP contribution in [0.2, 0.25) is 0 Å². The van der Waals surface area contributed by atoms with Crippen molar-refractivity contribution in [3.8, 4) is 5.75 Å². The molecule has 0 saturated carbocycles. The number of sulfonamides is 1. The van der Waals surface area contributed by atoms with E-state index < -0.39 is 21.2 Å². The van der Waals surface area contributed by atoms with Gasteiger partial charge in [0.2, 0.25) is 15.9 Å². The number of benzene rings is 1. The lowest BCUT2D eigenvalue weighted by Crippen LogP contribution is -2.45. The fraction of sp³-hybridized carbons (Fsp3) is 0.588. The molecule has 6 nitrogen and oxygen atoms in total. The highest BCUT2D eigenvalue weighted by molar-refractivity contribution is 7.90. The van der Waals surface area contributed by atoms with Crippen molar-refractivity contribution in [2.45, 2.75) is 45.4 Å². The second kappa shape index (κ2) is 11.3. The van der Waals surface area contributed by atoms with E-state index in [9.17, 15) is 13.2 Å². The molecule has 0 aliphatic rings. The highest BCUT2D eigenvalue weighted by Gasteiger charge is 2.32. The molecule has 1 aromatic rings. The lowest BCUT2D eigenvalue weighted by molar-refractivity contribution is -0.120. The molecule has 0 spiro atoms. The Labute approximate surface area is 157 Å². The van der Waals surface area contributed by atoms with Gasteiger partial charge in [-0.1, -0.05) is 26.0 Å². The van der Waals surface area contributed by atoms with E-state index in [1.807, 2.05) is 32.0 Å². The predicted molar refractivity (Wildman–Crippen MR) is 103 cm³/mol. The van der Waals surface area contributed by atoms with Crippen LogP contribution in [0.5, 0.6) is 5.75 Å². The first kappa shape index (κ1) is 23.7. The average molecular weight is 393 g/mol. The third-order valence-electron chi connectivity index (χ3n) is 3.72. The quantitative estimate of drug-likeness (QED) is 0.664. The van der Waals surface area contributed by atoms with Gasteiger partial charge in [-0.15, -0.1) is 12.4 Å². The summed E-state index contributed by atoms with van der Waals surface area (Å²) >= 11 is 0. The molecule has 0 fully saturated rings. The average Bonchev–Trinajstić information content (AvgIpc) is 2.58. The van der Waals surface area contributed by atoms with Crippen molar-refractivity contribution in [1.29, 1.82) is 0 Å². The third-order valence-corrected chi connectivity index (χ3v) is 5.92. The molecule has 0 radical (unpaired) electrons. The number of methoxy groups -OCH3 is 1. The molecule has 1 N–H and O–H groups in total. The van der Waals surface area contributed by atoms with Crippen LogP contribution >= 0.6 is 12.4 Å². The smallest absolute Gasteiger partial charge is 0.239 e. The van der Waals surface area contributed by atoms with Crippen LogP contribution in [-0.2, 0) is 21.4 Å². The standard InChI is InChI=1S/C17H28N2O4S.ClH/c1-5-10-19(11-6-2)24(21,22)14(3)17(20)18-13-15-8-7-9-16(12-15)23-4;/h7-9,12,14H,5-6,10-11,13H2,1-4H3,(H,18,20);1H. The zero-order chi connectivity index (χ0) is 18.2. The molecule has 1 unspecified atom stereocenters. The second-order valence-corrected chi connectivity index (χ2v) is 7.91. The highest BCUT2D eigenvalue weighted by atomic mass is 35.5. The molecule has 1 rings (SSSR count). The van der Waals surface area contributed by atoms with Crippen molar-refractivity contribution in [2.24, 2.45) is 0 Å². The van der Waals surface area contributed by atoms with E-state index >= 15 is 0 Å². The number of amides is 1. The molecule has 1 amide bonds. The minimum atomic E-state index is -3.65. The SMILES string of the molecule is CCCN(CCC)S(=O)(=O)C(C)C(=O)NCc1cccc(OC)c1.Cl. The Hall–Kier alpha value is -1.31. The van der Waals surface area contributed by atoms with Gasteiger partial charge in [-0.2, -0.15) is 0 Å². The molecular formula is C17H29ClN2O4S. The van der Waals surface area contributed by atoms with Gasteiger partial charge in [0.05, 0.1) is 7.11 Å². The summed E-state index contributed by atoms with van der Waals surface area (Å²) in [6, 6.07) is 7.29. The van der Waals surface area contributed by atoms with Gasteiger partial charge in [-0.05, 0) is 37.5 Å². The van der Waals surface area contributed by atoms with E-state index in [-0.39, 0.29) is 19.0 Å². The maximum Gasteiger partial charge on any atom is 0.239 e. The van der Waals surface area contributed by atoms with Crippen molar-refractivity contribution >= 4 is 28.3 Å². The van der Waals surface area contributed by atoms with Gasteiger partial charge in [0.1, 0.15) is 5.75 Å². The number of nitrogens with one attached hydrogen (secondary N) is 1. The Morgan fingerprint density at radius 3 is 2.36 bits per heavy atom. The number of nitrogens with zero attached hydrogens (tertiary/aromatic N) is 1. The molecule has 25 heavy (non-hydrogen) atoms. The van der Waals surface area contributed by atoms with E-state index in [2.05, 4.69) is 5.32 Å². The molecule has 144 valence electrons. The highest BCUT2D eigenvalue weighted by Crippen LogP contribution is 2.14. The first-order chi connectivity index (χ1) is 11.4. The summed E-state index contributed by atoms with van der Waals surface area (Å²) in [5, 5.41) is 1.58. The summed E-state index contributed by atoms with van der Waals surface area (Å²) in [4.78, 5) is 12.3. The molecule has 0 saturated heterocycles. The van der Waals surface area contributed by atoms with Crippen LogP contribution in [0.3, 0.4) is 0 Å². The Balaban J connectivity index is 0.00000576. The topological polar surface area (TPSA) is 75.7 Å². The summed E-state index contributed by atoms with van der Waals surface area (Å²) in [7, 11) is -2.07. The predicted octanol–water partition coefficient (Wildman–Crippen LogP) is 2.57. The summed E-state index contributed by atoms with van der Waals surface area (Å²) < 4.78 is 31.8. The van der Waals surface area contributed by atoms with E-state index in [0.717, 1.165) is 18.4 Å². The van der Waals surface area contributed by atoms with Gasteiger partial charge in [0, 0.05) is 19.6 Å². The molecule has 1 atom stereocenters. The maximum absolute atomic E-state index is 12.6. The summed E-state index contributed by atoms with van der Waals surface area (Å²) in [5.41, 5.74) is 0.853. The fourth-order valence-electron chi connectivity index (χ4n) is 2.34. The fourth-order valence-corrected chi connectivity index (χ4v) is 4.01. The van der Waals surface area contributed by atoms with Gasteiger partial charge in [-0.3, -0.25) is 4.79 Å². The first-order valence-electron chi connectivity index (χ1n) is 8.26. The number of carbonyl (C=O) groups excluding carboxylic acids is 1. The molecular weight excluding hydrogens is 364 g/mol. The van der Waals surface area contributed by atoms with E-state index in [1.165, 1.54) is 11.2 Å². The maximum atomic E-state index is 12.6. The van der Waals surface area contributed by atoms with Gasteiger partial charge in [-0.25, -0.2) is 12.7 Å². The molecule has 0 aliphatic heterocycles. The summed E-state index contributed by atoms with van der Waals surface area (Å²) in [6.07, 6.45) is 1.44. The minimum Gasteiger partial charge on any atom is -0.497 e. The zero-order valence-corrected chi connectivity index (χ0v) is 17.0. The molecule has 0 aromatic heterocycles. The number of carbonyl (C=O) groups is 1.